The summed E-state index contributed by atoms with van der Waals surface area (Å²) in [5.41, 5.74) is 1.78. The Labute approximate surface area is 165 Å². The van der Waals surface area contributed by atoms with Crippen molar-refractivity contribution in [3.8, 4) is 11.5 Å². The number of halogens is 1. The van der Waals surface area contributed by atoms with E-state index in [2.05, 4.69) is 11.9 Å². The number of hydrogen-bond acceptors (Lipinski definition) is 4. The summed E-state index contributed by atoms with van der Waals surface area (Å²) in [6.45, 7) is 3.09. The molecular weight excluding hydrogens is 384 g/mol. The van der Waals surface area contributed by atoms with E-state index in [1.165, 1.54) is 17.4 Å². The molecule has 0 spiro atoms. The molecule has 5 nitrogen and oxygen atoms in total. The Morgan fingerprint density at radius 2 is 2.07 bits per heavy atom. The zero-order valence-corrected chi connectivity index (χ0v) is 16.2. The van der Waals surface area contributed by atoms with Crippen LogP contribution in [-0.2, 0) is 11.3 Å². The Hall–Kier alpha value is -2.57. The SMILES string of the molecule is CCCn1c(=NC(=O)/C=C/c2ccccc2Cl)sc2cc3c(cc21)OCO3. The quantitative estimate of drug-likeness (QED) is 0.599. The zero-order valence-electron chi connectivity index (χ0n) is 14.6. The third-order valence-electron chi connectivity index (χ3n) is 4.14. The fourth-order valence-corrected chi connectivity index (χ4v) is 4.16. The molecule has 0 N–H and O–H groups in total. The van der Waals surface area contributed by atoms with Crippen molar-refractivity contribution in [2.24, 2.45) is 4.99 Å². The molecule has 0 saturated carbocycles. The van der Waals surface area contributed by atoms with E-state index in [1.54, 1.807) is 12.1 Å². The fourth-order valence-electron chi connectivity index (χ4n) is 2.89. The van der Waals surface area contributed by atoms with Gasteiger partial charge < -0.3 is 14.0 Å². The average Bonchev–Trinajstić information content (AvgIpc) is 3.24. The summed E-state index contributed by atoms with van der Waals surface area (Å²) in [7, 11) is 0. The van der Waals surface area contributed by atoms with Gasteiger partial charge in [0.2, 0.25) is 6.79 Å². The van der Waals surface area contributed by atoms with Crippen molar-refractivity contribution in [1.82, 2.24) is 4.57 Å². The third-order valence-corrected chi connectivity index (χ3v) is 5.53. The molecule has 0 fully saturated rings. The number of fused-ring (bicyclic) bond motifs is 2. The smallest absolute Gasteiger partial charge is 0.272 e. The van der Waals surface area contributed by atoms with Crippen LogP contribution in [0.5, 0.6) is 11.5 Å². The molecule has 1 amide bonds. The van der Waals surface area contributed by atoms with Gasteiger partial charge in [0.1, 0.15) is 0 Å². The van der Waals surface area contributed by atoms with Crippen molar-refractivity contribution in [3.63, 3.8) is 0 Å². The maximum Gasteiger partial charge on any atom is 0.272 e. The molecular formula is C20H17ClN2O3S. The maximum absolute atomic E-state index is 12.4. The second-order valence-electron chi connectivity index (χ2n) is 6.01. The highest BCUT2D eigenvalue weighted by Gasteiger charge is 2.17. The maximum atomic E-state index is 12.4. The molecule has 0 unspecified atom stereocenters. The topological polar surface area (TPSA) is 52.8 Å². The van der Waals surface area contributed by atoms with Gasteiger partial charge in [0.05, 0.1) is 10.2 Å². The van der Waals surface area contributed by atoms with Gasteiger partial charge in [-0.2, -0.15) is 4.99 Å². The van der Waals surface area contributed by atoms with E-state index in [4.69, 9.17) is 21.1 Å². The van der Waals surface area contributed by atoms with E-state index in [0.717, 1.165) is 40.2 Å². The van der Waals surface area contributed by atoms with Gasteiger partial charge in [-0.05, 0) is 24.1 Å². The van der Waals surface area contributed by atoms with Gasteiger partial charge in [-0.1, -0.05) is 48.1 Å². The van der Waals surface area contributed by atoms with E-state index in [1.807, 2.05) is 34.9 Å². The highest BCUT2D eigenvalue weighted by atomic mass is 35.5. The van der Waals surface area contributed by atoms with Crippen LogP contribution in [0.1, 0.15) is 18.9 Å². The van der Waals surface area contributed by atoms with Crippen LogP contribution >= 0.6 is 22.9 Å². The van der Waals surface area contributed by atoms with Gasteiger partial charge in [-0.25, -0.2) is 0 Å². The number of amides is 1. The minimum absolute atomic E-state index is 0.239. The lowest BCUT2D eigenvalue weighted by atomic mass is 10.2. The Morgan fingerprint density at radius 3 is 2.85 bits per heavy atom. The molecule has 0 saturated heterocycles. The van der Waals surface area contributed by atoms with Crippen LogP contribution in [0.3, 0.4) is 0 Å². The summed E-state index contributed by atoms with van der Waals surface area (Å²) < 4.78 is 14.0. The first kappa shape index (κ1) is 17.8. The Kier molecular flexibility index (Phi) is 5.01. The standard InChI is InChI=1S/C20H17ClN2O3S/c1-2-9-23-15-10-16-17(26-12-25-16)11-18(15)27-20(23)22-19(24)8-7-13-5-3-4-6-14(13)21/h3-8,10-11H,2,9,12H2,1H3/b8-7+,22-20?. The van der Waals surface area contributed by atoms with Crippen molar-refractivity contribution in [3.05, 3.63) is 57.9 Å². The highest BCUT2D eigenvalue weighted by molar-refractivity contribution is 7.16. The van der Waals surface area contributed by atoms with E-state index in [0.29, 0.717) is 9.82 Å². The summed E-state index contributed by atoms with van der Waals surface area (Å²) in [6.07, 6.45) is 4.05. The van der Waals surface area contributed by atoms with Crippen LogP contribution in [-0.4, -0.2) is 17.3 Å². The second-order valence-corrected chi connectivity index (χ2v) is 7.43. The second kappa shape index (κ2) is 7.58. The molecule has 7 heteroatoms. The lowest BCUT2D eigenvalue weighted by Gasteiger charge is -2.03. The van der Waals surface area contributed by atoms with Crippen LogP contribution in [0, 0.1) is 0 Å². The van der Waals surface area contributed by atoms with Gasteiger partial charge in [0.25, 0.3) is 5.91 Å². The van der Waals surface area contributed by atoms with Crippen LogP contribution in [0.15, 0.2) is 47.5 Å². The molecule has 4 rings (SSSR count). The minimum Gasteiger partial charge on any atom is -0.454 e. The van der Waals surface area contributed by atoms with Crippen molar-refractivity contribution in [2.75, 3.05) is 6.79 Å². The largest absolute Gasteiger partial charge is 0.454 e. The molecule has 27 heavy (non-hydrogen) atoms. The summed E-state index contributed by atoms with van der Waals surface area (Å²) in [5.74, 6) is 1.12. The molecule has 0 atom stereocenters. The summed E-state index contributed by atoms with van der Waals surface area (Å²) >= 11 is 7.58. The molecule has 0 bridgehead atoms. The number of hydrogen-bond donors (Lipinski definition) is 0. The lowest BCUT2D eigenvalue weighted by Crippen LogP contribution is -2.16. The molecule has 1 aliphatic heterocycles. The summed E-state index contributed by atoms with van der Waals surface area (Å²) in [4.78, 5) is 17.3. The Bertz CT molecular complexity index is 1110. The van der Waals surface area contributed by atoms with Gasteiger partial charge in [-0.3, -0.25) is 4.79 Å². The predicted octanol–water partition coefficient (Wildman–Crippen LogP) is 4.64. The Morgan fingerprint density at radius 1 is 1.30 bits per heavy atom. The molecule has 3 aromatic rings. The molecule has 2 heterocycles. The van der Waals surface area contributed by atoms with Gasteiger partial charge in [-0.15, -0.1) is 0 Å². The summed E-state index contributed by atoms with van der Waals surface area (Å²) in [6, 6.07) is 11.3. The van der Waals surface area contributed by atoms with Crippen molar-refractivity contribution in [2.45, 2.75) is 19.9 Å². The number of aromatic nitrogens is 1. The first-order valence-corrected chi connectivity index (χ1v) is 9.79. The fraction of sp³-hybridized carbons (Fsp3) is 0.200. The van der Waals surface area contributed by atoms with Gasteiger partial charge in [0.15, 0.2) is 16.3 Å². The van der Waals surface area contributed by atoms with E-state index >= 15 is 0 Å². The van der Waals surface area contributed by atoms with Crippen LogP contribution in [0.2, 0.25) is 5.02 Å². The molecule has 2 aromatic carbocycles. The highest BCUT2D eigenvalue weighted by Crippen LogP contribution is 2.37. The minimum atomic E-state index is -0.327. The van der Waals surface area contributed by atoms with E-state index in [9.17, 15) is 4.79 Å². The average molecular weight is 401 g/mol. The first-order chi connectivity index (χ1) is 13.2. The number of thiazole rings is 1. The third kappa shape index (κ3) is 3.63. The number of ether oxygens (including phenoxy) is 2. The van der Waals surface area contributed by atoms with Crippen molar-refractivity contribution < 1.29 is 14.3 Å². The van der Waals surface area contributed by atoms with Gasteiger partial charge in [0, 0.05) is 29.8 Å². The number of carbonyl (C=O) groups is 1. The molecule has 1 aromatic heterocycles. The number of nitrogens with zero attached hydrogens (tertiary/aromatic N) is 2. The van der Waals surface area contributed by atoms with Crippen molar-refractivity contribution >= 4 is 45.1 Å². The van der Waals surface area contributed by atoms with E-state index in [-0.39, 0.29) is 12.7 Å². The number of carbonyl (C=O) groups excluding carboxylic acids is 1. The first-order valence-electron chi connectivity index (χ1n) is 8.60. The Balaban J connectivity index is 1.72. The number of benzene rings is 2. The molecule has 0 aliphatic carbocycles. The number of aryl methyl sites for hydroxylation is 1. The monoisotopic (exact) mass is 400 g/mol. The number of rotatable bonds is 4. The van der Waals surface area contributed by atoms with Crippen molar-refractivity contribution in [1.29, 1.82) is 0 Å². The predicted molar refractivity (Wildman–Crippen MR) is 107 cm³/mol. The molecule has 1 aliphatic rings. The normalized spacial score (nSPS) is 13.8. The van der Waals surface area contributed by atoms with Gasteiger partial charge >= 0.3 is 0 Å². The molecule has 0 radical (unpaired) electrons. The zero-order chi connectivity index (χ0) is 18.8. The van der Waals surface area contributed by atoms with Crippen LogP contribution < -0.4 is 14.3 Å². The van der Waals surface area contributed by atoms with E-state index < -0.39 is 0 Å². The summed E-state index contributed by atoms with van der Waals surface area (Å²) in [5, 5.41) is 0.596. The van der Waals surface area contributed by atoms with Crippen LogP contribution in [0.4, 0.5) is 0 Å². The molecule has 138 valence electrons. The van der Waals surface area contributed by atoms with Crippen LogP contribution in [0.25, 0.3) is 16.3 Å². The lowest BCUT2D eigenvalue weighted by molar-refractivity contribution is -0.113.